The van der Waals surface area contributed by atoms with Crippen LogP contribution in [0.5, 0.6) is 11.5 Å². The Balaban J connectivity index is 1.80. The maximum absolute atomic E-state index is 11.8. The van der Waals surface area contributed by atoms with Gasteiger partial charge in [-0.2, -0.15) is 0 Å². The summed E-state index contributed by atoms with van der Waals surface area (Å²) in [6, 6.07) is 4.48. The summed E-state index contributed by atoms with van der Waals surface area (Å²) in [7, 11) is 0. The summed E-state index contributed by atoms with van der Waals surface area (Å²) < 4.78 is 22.9. The van der Waals surface area contributed by atoms with Gasteiger partial charge in [0.25, 0.3) is 0 Å². The van der Waals surface area contributed by atoms with Gasteiger partial charge < -0.3 is 29.2 Å². The molecule has 0 saturated carbocycles. The third kappa shape index (κ3) is 3.97. The fourth-order valence-corrected chi connectivity index (χ4v) is 3.14. The van der Waals surface area contributed by atoms with Crippen molar-refractivity contribution in [2.45, 2.75) is 58.1 Å². The zero-order valence-corrected chi connectivity index (χ0v) is 15.5. The number of benzene rings is 1. The minimum absolute atomic E-state index is 0.126. The van der Waals surface area contributed by atoms with Crippen LogP contribution in [-0.2, 0) is 23.8 Å². The van der Waals surface area contributed by atoms with Gasteiger partial charge >= 0.3 is 5.97 Å². The largest absolute Gasteiger partial charge is 0.504 e. The molecule has 1 aromatic carbocycles. The minimum atomic E-state index is -1.04. The van der Waals surface area contributed by atoms with Crippen molar-refractivity contribution in [3.05, 3.63) is 29.3 Å². The van der Waals surface area contributed by atoms with Crippen molar-refractivity contribution in [3.8, 4) is 11.5 Å². The van der Waals surface area contributed by atoms with Crippen LogP contribution in [0.4, 0.5) is 0 Å². The quantitative estimate of drug-likeness (QED) is 0.749. The molecule has 0 spiro atoms. The highest BCUT2D eigenvalue weighted by Gasteiger charge is 2.57. The SMILES string of the molecule is CC(=O)[C@H]1O[C@@H](Oc2ccc(/C=C(\C)C(=O)O)cc2O)[C@@H]2OC(C)(C)O[C@@H]21. The number of phenols is 1. The van der Waals surface area contributed by atoms with Crippen molar-refractivity contribution in [2.75, 3.05) is 0 Å². The van der Waals surface area contributed by atoms with Crippen LogP contribution in [0.25, 0.3) is 6.08 Å². The van der Waals surface area contributed by atoms with Gasteiger partial charge in [0, 0.05) is 5.57 Å². The summed E-state index contributed by atoms with van der Waals surface area (Å²) in [6.07, 6.45) is -1.54. The molecule has 8 heteroatoms. The molecule has 2 aliphatic rings. The Morgan fingerprint density at radius 3 is 2.44 bits per heavy atom. The molecule has 0 unspecified atom stereocenters. The fraction of sp³-hybridized carbons (Fsp3) is 0.474. The van der Waals surface area contributed by atoms with Crippen LogP contribution in [0.1, 0.15) is 33.3 Å². The number of ketones is 1. The number of hydrogen-bond donors (Lipinski definition) is 2. The van der Waals surface area contributed by atoms with Crippen molar-refractivity contribution >= 4 is 17.8 Å². The second kappa shape index (κ2) is 6.95. The lowest BCUT2D eigenvalue weighted by atomic mass is 10.1. The molecular weight excluding hydrogens is 356 g/mol. The van der Waals surface area contributed by atoms with Gasteiger partial charge in [0.15, 0.2) is 29.2 Å². The first kappa shape index (κ1) is 19.3. The molecular formula is C19H22O8. The average molecular weight is 378 g/mol. The van der Waals surface area contributed by atoms with E-state index in [4.69, 9.17) is 24.1 Å². The van der Waals surface area contributed by atoms with Crippen LogP contribution in [0.15, 0.2) is 23.8 Å². The number of carbonyl (C=O) groups is 2. The molecule has 0 aliphatic carbocycles. The number of rotatable bonds is 5. The van der Waals surface area contributed by atoms with Gasteiger partial charge in [-0.15, -0.1) is 0 Å². The number of Topliss-reactive ketones (excluding diaryl/α,β-unsaturated/α-hetero) is 1. The van der Waals surface area contributed by atoms with E-state index in [1.807, 2.05) is 0 Å². The first-order chi connectivity index (χ1) is 12.6. The smallest absolute Gasteiger partial charge is 0.331 e. The highest BCUT2D eigenvalue weighted by Crippen LogP contribution is 2.41. The molecule has 0 aromatic heterocycles. The van der Waals surface area contributed by atoms with E-state index in [0.717, 1.165) is 0 Å². The molecule has 8 nitrogen and oxygen atoms in total. The van der Waals surface area contributed by atoms with Gasteiger partial charge in [-0.05, 0) is 51.5 Å². The third-order valence-electron chi connectivity index (χ3n) is 4.36. The number of carbonyl (C=O) groups excluding carboxylic acids is 1. The lowest BCUT2D eigenvalue weighted by Gasteiger charge is -2.24. The normalized spacial score (nSPS) is 29.4. The van der Waals surface area contributed by atoms with Crippen LogP contribution in [0.2, 0.25) is 0 Å². The van der Waals surface area contributed by atoms with Gasteiger partial charge in [0.05, 0.1) is 0 Å². The van der Waals surface area contributed by atoms with Crippen LogP contribution in [0.3, 0.4) is 0 Å². The van der Waals surface area contributed by atoms with Gasteiger partial charge in [-0.25, -0.2) is 4.79 Å². The minimum Gasteiger partial charge on any atom is -0.504 e. The average Bonchev–Trinajstić information content (AvgIpc) is 3.03. The van der Waals surface area contributed by atoms with Crippen molar-refractivity contribution < 1.29 is 38.7 Å². The maximum atomic E-state index is 11.8. The highest BCUT2D eigenvalue weighted by molar-refractivity contribution is 5.91. The molecule has 3 rings (SSSR count). The molecule has 0 radical (unpaired) electrons. The van der Waals surface area contributed by atoms with E-state index in [2.05, 4.69) is 0 Å². The van der Waals surface area contributed by atoms with E-state index in [-0.39, 0.29) is 22.9 Å². The molecule has 2 N–H and O–H groups in total. The summed E-state index contributed by atoms with van der Waals surface area (Å²) in [6.45, 7) is 6.34. The Morgan fingerprint density at radius 2 is 1.85 bits per heavy atom. The van der Waals surface area contributed by atoms with Gasteiger partial charge in [0.1, 0.15) is 12.2 Å². The fourth-order valence-electron chi connectivity index (χ4n) is 3.14. The van der Waals surface area contributed by atoms with Crippen molar-refractivity contribution in [1.82, 2.24) is 0 Å². The van der Waals surface area contributed by atoms with E-state index < -0.39 is 36.4 Å². The topological polar surface area (TPSA) is 112 Å². The Kier molecular flexibility index (Phi) is 4.98. The van der Waals surface area contributed by atoms with Crippen LogP contribution in [-0.4, -0.2) is 52.4 Å². The summed E-state index contributed by atoms with van der Waals surface area (Å²) in [5.41, 5.74) is 0.640. The van der Waals surface area contributed by atoms with E-state index in [1.54, 1.807) is 19.9 Å². The third-order valence-corrected chi connectivity index (χ3v) is 4.36. The van der Waals surface area contributed by atoms with Crippen molar-refractivity contribution in [1.29, 1.82) is 0 Å². The summed E-state index contributed by atoms with van der Waals surface area (Å²) in [5, 5.41) is 19.2. The molecule has 2 saturated heterocycles. The van der Waals surface area contributed by atoms with E-state index in [1.165, 1.54) is 32.1 Å². The second-order valence-electron chi connectivity index (χ2n) is 7.08. The zero-order valence-electron chi connectivity index (χ0n) is 15.5. The number of aliphatic carboxylic acids is 1. The zero-order chi connectivity index (χ0) is 19.9. The number of fused-ring (bicyclic) bond motifs is 1. The number of carboxylic acids is 1. The molecule has 2 fully saturated rings. The number of aromatic hydroxyl groups is 1. The van der Waals surface area contributed by atoms with Crippen LogP contribution in [0, 0.1) is 0 Å². The highest BCUT2D eigenvalue weighted by atomic mass is 16.8. The van der Waals surface area contributed by atoms with E-state index in [0.29, 0.717) is 5.56 Å². The molecule has 146 valence electrons. The van der Waals surface area contributed by atoms with E-state index in [9.17, 15) is 14.7 Å². The van der Waals surface area contributed by atoms with Crippen LogP contribution < -0.4 is 4.74 Å². The Bertz CT molecular complexity index is 797. The molecule has 1 aromatic rings. The summed E-state index contributed by atoms with van der Waals surface area (Å²) in [4.78, 5) is 22.8. The summed E-state index contributed by atoms with van der Waals surface area (Å²) in [5.74, 6) is -2.19. The molecule has 0 bridgehead atoms. The Hall–Kier alpha value is -2.42. The molecule has 2 heterocycles. The predicted octanol–water partition coefficient (Wildman–Crippen LogP) is 2.09. The maximum Gasteiger partial charge on any atom is 0.331 e. The molecule has 0 amide bonds. The number of phenolic OH excluding ortho intramolecular Hbond substituents is 1. The monoisotopic (exact) mass is 378 g/mol. The lowest BCUT2D eigenvalue weighted by molar-refractivity contribution is -0.212. The first-order valence-electron chi connectivity index (χ1n) is 8.50. The second-order valence-corrected chi connectivity index (χ2v) is 7.08. The Morgan fingerprint density at radius 1 is 1.19 bits per heavy atom. The van der Waals surface area contributed by atoms with Gasteiger partial charge in [-0.1, -0.05) is 6.07 Å². The molecule has 2 aliphatic heterocycles. The predicted molar refractivity (Wildman–Crippen MR) is 93.2 cm³/mol. The number of ether oxygens (including phenoxy) is 4. The number of carboxylic acid groups (broad SMARTS) is 1. The van der Waals surface area contributed by atoms with Gasteiger partial charge in [-0.3, -0.25) is 4.79 Å². The van der Waals surface area contributed by atoms with Crippen molar-refractivity contribution in [3.63, 3.8) is 0 Å². The lowest BCUT2D eigenvalue weighted by Crippen LogP contribution is -2.34. The van der Waals surface area contributed by atoms with E-state index >= 15 is 0 Å². The molecule has 4 atom stereocenters. The van der Waals surface area contributed by atoms with Gasteiger partial charge in [0.2, 0.25) is 6.29 Å². The van der Waals surface area contributed by atoms with Crippen LogP contribution >= 0.6 is 0 Å². The number of hydrogen-bond acceptors (Lipinski definition) is 7. The standard InChI is InChI=1S/C19H22O8/c1-9(17(22)23)7-11-5-6-13(12(21)8-11)24-18-16-15(14(25-18)10(2)20)26-19(3,4)27-16/h5-8,14-16,18,21H,1-4H3,(H,22,23)/b9-7+/t14-,15-,16-,18-/m1/s1. The molecule has 27 heavy (non-hydrogen) atoms. The van der Waals surface area contributed by atoms with Crippen molar-refractivity contribution in [2.24, 2.45) is 0 Å². The first-order valence-corrected chi connectivity index (χ1v) is 8.50. The summed E-state index contributed by atoms with van der Waals surface area (Å²) >= 11 is 0. The Labute approximate surface area is 156 Å².